The van der Waals surface area contributed by atoms with Gasteiger partial charge in [-0.3, -0.25) is 0 Å². The Balaban J connectivity index is 0.00000225. The van der Waals surface area contributed by atoms with Crippen LogP contribution >= 0.6 is 0 Å². The number of hydrogen-bond acceptors (Lipinski definition) is 1. The van der Waals surface area contributed by atoms with Gasteiger partial charge in [-0.2, -0.15) is 0 Å². The van der Waals surface area contributed by atoms with Crippen LogP contribution in [0, 0.1) is 0 Å². The van der Waals surface area contributed by atoms with Gasteiger partial charge in [0.05, 0.1) is 0 Å². The Morgan fingerprint density at radius 2 is 1.62 bits per heavy atom. The van der Waals surface area contributed by atoms with Gasteiger partial charge in [0.25, 0.3) is 0 Å². The van der Waals surface area contributed by atoms with Crippen LogP contribution in [0.15, 0.2) is 30.3 Å². The van der Waals surface area contributed by atoms with Crippen LogP contribution < -0.4 is 17.0 Å². The molecule has 16 heavy (non-hydrogen) atoms. The van der Waals surface area contributed by atoms with Gasteiger partial charge in [0.15, 0.2) is 0 Å². The summed E-state index contributed by atoms with van der Waals surface area (Å²) in [6.07, 6.45) is 5.25. The Hall–Kier alpha value is 0.426. The van der Waals surface area contributed by atoms with Gasteiger partial charge in [-0.05, 0) is 0 Å². The molecule has 0 bridgehead atoms. The van der Waals surface area contributed by atoms with Gasteiger partial charge in [0.2, 0.25) is 0 Å². The van der Waals surface area contributed by atoms with Crippen molar-refractivity contribution in [1.82, 2.24) is 0 Å². The predicted octanol–water partition coefficient (Wildman–Crippen LogP) is 0.354. The van der Waals surface area contributed by atoms with Gasteiger partial charge < -0.3 is 17.0 Å². The van der Waals surface area contributed by atoms with E-state index in [0.717, 1.165) is 13.2 Å². The summed E-state index contributed by atoms with van der Waals surface area (Å²) < 4.78 is 6.94. The summed E-state index contributed by atoms with van der Waals surface area (Å²) in [5, 5.41) is 0. The van der Waals surface area contributed by atoms with Gasteiger partial charge >= 0.3 is 106 Å². The maximum absolute atomic E-state index is 5.60. The number of hydrogen-bond donors (Lipinski definition) is 0. The summed E-state index contributed by atoms with van der Waals surface area (Å²) >= 11 is 2.07. The average Bonchev–Trinajstić information content (AvgIpc) is 2.29. The van der Waals surface area contributed by atoms with E-state index in [1.165, 1.54) is 35.8 Å². The molecule has 0 amide bonds. The van der Waals surface area contributed by atoms with Gasteiger partial charge in [0.1, 0.15) is 0 Å². The minimum absolute atomic E-state index is 0. The molecule has 1 aromatic rings. The average molecular weight is 296 g/mol. The van der Waals surface area contributed by atoms with Crippen LogP contribution in [0.25, 0.3) is 0 Å². The van der Waals surface area contributed by atoms with Crippen LogP contribution in [0.2, 0.25) is 4.55 Å². The molecule has 3 heteroatoms. The van der Waals surface area contributed by atoms with Gasteiger partial charge in [0, 0.05) is 0 Å². The summed E-state index contributed by atoms with van der Waals surface area (Å²) in [7, 11) is 0. The van der Waals surface area contributed by atoms with Crippen molar-refractivity contribution in [2.75, 3.05) is 6.61 Å². The predicted molar refractivity (Wildman–Crippen MR) is 65.1 cm³/mol. The number of unbranched alkanes of at least 4 members (excludes halogenated alkanes) is 3. The SMILES string of the molecule is [Br-].[Mg+][CH2]CCCCCOCc1ccccc1. The molecule has 0 saturated carbocycles. The van der Waals surface area contributed by atoms with Crippen molar-refractivity contribution in [1.29, 1.82) is 0 Å². The molecule has 0 aromatic heterocycles. The second kappa shape index (κ2) is 11.9. The van der Waals surface area contributed by atoms with Crippen molar-refractivity contribution in [3.05, 3.63) is 35.9 Å². The van der Waals surface area contributed by atoms with Gasteiger partial charge in [-0.15, -0.1) is 0 Å². The van der Waals surface area contributed by atoms with Gasteiger partial charge in [-0.1, -0.05) is 0 Å². The molecule has 0 unspecified atom stereocenters. The third-order valence-electron chi connectivity index (χ3n) is 2.40. The van der Waals surface area contributed by atoms with E-state index < -0.39 is 0 Å². The molecule has 0 heterocycles. The van der Waals surface area contributed by atoms with Crippen LogP contribution in [0.4, 0.5) is 0 Å². The van der Waals surface area contributed by atoms with Crippen molar-refractivity contribution in [3.63, 3.8) is 0 Å². The Kier molecular flexibility index (Phi) is 12.2. The van der Waals surface area contributed by atoms with Gasteiger partial charge in [-0.25, -0.2) is 0 Å². The van der Waals surface area contributed by atoms with Crippen LogP contribution in [0.3, 0.4) is 0 Å². The molecule has 0 N–H and O–H groups in total. The van der Waals surface area contributed by atoms with E-state index in [0.29, 0.717) is 0 Å². The summed E-state index contributed by atoms with van der Waals surface area (Å²) in [6, 6.07) is 10.4. The van der Waals surface area contributed by atoms with Crippen LogP contribution in [0.5, 0.6) is 0 Å². The summed E-state index contributed by atoms with van der Waals surface area (Å²) in [4.78, 5) is 0. The number of benzene rings is 1. The van der Waals surface area contributed by atoms with E-state index in [9.17, 15) is 0 Å². The van der Waals surface area contributed by atoms with Crippen molar-refractivity contribution in [3.8, 4) is 0 Å². The number of ether oxygens (including phenoxy) is 1. The molecule has 1 rings (SSSR count). The molecule has 0 aliphatic rings. The molecule has 0 radical (unpaired) electrons. The van der Waals surface area contributed by atoms with E-state index in [-0.39, 0.29) is 17.0 Å². The normalized spacial score (nSPS) is 9.88. The van der Waals surface area contributed by atoms with Crippen LogP contribution in [0.1, 0.15) is 31.2 Å². The number of rotatable bonds is 8. The summed E-state index contributed by atoms with van der Waals surface area (Å²) in [6.45, 7) is 1.66. The molecular formula is C13H19BrMgO. The monoisotopic (exact) mass is 294 g/mol. The van der Waals surface area contributed by atoms with E-state index >= 15 is 0 Å². The fourth-order valence-electron chi connectivity index (χ4n) is 1.50. The second-order valence-corrected chi connectivity index (χ2v) is 4.51. The third kappa shape index (κ3) is 8.56. The Morgan fingerprint density at radius 3 is 2.31 bits per heavy atom. The summed E-state index contributed by atoms with van der Waals surface area (Å²) in [5.41, 5.74) is 1.27. The molecular weight excluding hydrogens is 276 g/mol. The fraction of sp³-hybridized carbons (Fsp3) is 0.538. The Bertz CT molecular complexity index is 241. The van der Waals surface area contributed by atoms with Crippen LogP contribution in [-0.2, 0) is 11.3 Å². The van der Waals surface area contributed by atoms with Crippen molar-refractivity contribution >= 4 is 21.7 Å². The molecule has 1 aromatic carbocycles. The van der Waals surface area contributed by atoms with E-state index in [4.69, 9.17) is 4.74 Å². The molecule has 0 fully saturated rings. The molecule has 0 aliphatic carbocycles. The first-order valence-corrected chi connectivity index (χ1v) is 6.84. The zero-order valence-electron chi connectivity index (χ0n) is 9.83. The van der Waals surface area contributed by atoms with E-state index in [2.05, 4.69) is 46.0 Å². The Labute approximate surface area is 122 Å². The molecule has 0 spiro atoms. The Morgan fingerprint density at radius 1 is 0.938 bits per heavy atom. The van der Waals surface area contributed by atoms with E-state index in [1.807, 2.05) is 6.07 Å². The standard InChI is InChI=1S/C13H19O.BrH.Mg/c1-2-3-4-8-11-14-12-13-9-6-5-7-10-13;;/h5-7,9-10H,1-4,8,11-12H2;1H;/q;;+1/p-1. The van der Waals surface area contributed by atoms with Crippen LogP contribution in [-0.4, -0.2) is 28.3 Å². The quantitative estimate of drug-likeness (QED) is 0.497. The maximum atomic E-state index is 5.60. The third-order valence-corrected chi connectivity index (χ3v) is 2.90. The molecule has 0 atom stereocenters. The van der Waals surface area contributed by atoms with E-state index in [1.54, 1.807) is 0 Å². The molecule has 0 saturated heterocycles. The van der Waals surface area contributed by atoms with Crippen molar-refractivity contribution in [2.45, 2.75) is 36.8 Å². The van der Waals surface area contributed by atoms with Crippen molar-refractivity contribution in [2.24, 2.45) is 0 Å². The minimum atomic E-state index is 0. The second-order valence-electron chi connectivity index (χ2n) is 3.81. The number of halogens is 1. The first-order chi connectivity index (χ1) is 7.43. The molecule has 1 nitrogen and oxygen atoms in total. The zero-order chi connectivity index (χ0) is 10.8. The molecule has 86 valence electrons. The first-order valence-electron chi connectivity index (χ1n) is 5.84. The molecule has 0 aliphatic heterocycles. The van der Waals surface area contributed by atoms with Crippen molar-refractivity contribution < 1.29 is 21.7 Å². The first kappa shape index (κ1) is 16.4. The zero-order valence-corrected chi connectivity index (χ0v) is 12.8. The topological polar surface area (TPSA) is 9.23 Å². The fourth-order valence-corrected chi connectivity index (χ4v) is 1.85. The summed E-state index contributed by atoms with van der Waals surface area (Å²) in [5.74, 6) is 0.